The summed E-state index contributed by atoms with van der Waals surface area (Å²) in [4.78, 5) is 13.7. The van der Waals surface area contributed by atoms with Crippen LogP contribution in [0.2, 0.25) is 0 Å². The van der Waals surface area contributed by atoms with Crippen LogP contribution < -0.4 is 5.56 Å². The number of nitrogens with zero attached hydrogens (tertiary/aromatic N) is 3. The van der Waals surface area contributed by atoms with E-state index in [0.29, 0.717) is 10.4 Å². The Kier molecular flexibility index (Phi) is 5.36. The van der Waals surface area contributed by atoms with Crippen LogP contribution in [0.4, 0.5) is 13.2 Å². The fourth-order valence-corrected chi connectivity index (χ4v) is 3.82. The van der Waals surface area contributed by atoms with Gasteiger partial charge in [-0.3, -0.25) is 9.36 Å². The molecule has 0 saturated heterocycles. The Morgan fingerprint density at radius 2 is 1.89 bits per heavy atom. The van der Waals surface area contributed by atoms with E-state index >= 15 is 0 Å². The van der Waals surface area contributed by atoms with Crippen molar-refractivity contribution in [2.24, 2.45) is 0 Å². The van der Waals surface area contributed by atoms with Crippen molar-refractivity contribution in [2.75, 3.05) is 6.26 Å². The summed E-state index contributed by atoms with van der Waals surface area (Å²) >= 11 is 1.23. The van der Waals surface area contributed by atoms with Gasteiger partial charge in [0.25, 0.3) is 5.56 Å². The third kappa shape index (κ3) is 3.34. The second-order valence-electron chi connectivity index (χ2n) is 6.94. The number of aryl methyl sites for hydroxylation is 1. The Hall–Kier alpha value is -2.22. The molecule has 0 fully saturated rings. The van der Waals surface area contributed by atoms with Gasteiger partial charge in [0.1, 0.15) is 5.52 Å². The minimum atomic E-state index is -4.55. The lowest BCUT2D eigenvalue weighted by Gasteiger charge is -2.17. The Bertz CT molecular complexity index is 1100. The maximum atomic E-state index is 13.8. The molecule has 0 bridgehead atoms. The molecular weight excluding hydrogens is 387 g/mol. The number of benzene rings is 1. The maximum absolute atomic E-state index is 13.8. The van der Waals surface area contributed by atoms with Crippen LogP contribution in [0.3, 0.4) is 0 Å². The third-order valence-corrected chi connectivity index (χ3v) is 5.52. The van der Waals surface area contributed by atoms with Crippen LogP contribution in [0.1, 0.15) is 43.5 Å². The first-order valence-electron chi connectivity index (χ1n) is 8.98. The normalized spacial score (nSPS) is 12.3. The van der Waals surface area contributed by atoms with Gasteiger partial charge in [0.2, 0.25) is 0 Å². The molecule has 0 atom stereocenters. The molecule has 3 rings (SSSR count). The van der Waals surface area contributed by atoms with Crippen LogP contribution >= 0.6 is 11.8 Å². The van der Waals surface area contributed by atoms with Gasteiger partial charge in [-0.2, -0.15) is 13.2 Å². The summed E-state index contributed by atoms with van der Waals surface area (Å²) in [5, 5.41) is 4.48. The fourth-order valence-electron chi connectivity index (χ4n) is 3.38. The largest absolute Gasteiger partial charge is 0.417 e. The fraction of sp³-hybridized carbons (Fsp3) is 0.400. The monoisotopic (exact) mass is 409 g/mol. The molecule has 0 aliphatic rings. The Labute approximate surface area is 165 Å². The van der Waals surface area contributed by atoms with Crippen molar-refractivity contribution in [3.05, 3.63) is 51.4 Å². The van der Waals surface area contributed by atoms with E-state index in [9.17, 15) is 18.0 Å². The summed E-state index contributed by atoms with van der Waals surface area (Å²) < 4.78 is 44.1. The lowest BCUT2D eigenvalue weighted by atomic mass is 10.0. The Morgan fingerprint density at radius 3 is 2.43 bits per heavy atom. The Balaban J connectivity index is 2.43. The second kappa shape index (κ2) is 7.31. The van der Waals surface area contributed by atoms with E-state index in [1.165, 1.54) is 26.9 Å². The zero-order valence-electron chi connectivity index (χ0n) is 16.4. The molecule has 0 spiro atoms. The van der Waals surface area contributed by atoms with Crippen LogP contribution in [-0.2, 0) is 12.7 Å². The van der Waals surface area contributed by atoms with Gasteiger partial charge in [-0.15, -0.1) is 16.9 Å². The van der Waals surface area contributed by atoms with Crippen LogP contribution in [-0.4, -0.2) is 20.4 Å². The standard InChI is InChI=1S/C20H22F3N3OS/c1-6-25-18(14-8-7-13(28-5)10-16(14)20(21,22)23)24-26-12(4)9-15(11(2)3)17(26)19(25)27/h7-11H,6H2,1-5H3. The summed E-state index contributed by atoms with van der Waals surface area (Å²) in [6.07, 6.45) is -2.83. The molecule has 0 amide bonds. The molecular formula is C20H22F3N3OS. The third-order valence-electron chi connectivity index (χ3n) is 4.79. The molecule has 0 unspecified atom stereocenters. The molecule has 1 aromatic carbocycles. The van der Waals surface area contributed by atoms with E-state index in [4.69, 9.17) is 0 Å². The number of aromatic nitrogens is 3. The van der Waals surface area contributed by atoms with Crippen molar-refractivity contribution in [3.63, 3.8) is 0 Å². The van der Waals surface area contributed by atoms with Crippen molar-refractivity contribution in [1.82, 2.24) is 14.2 Å². The molecule has 4 nitrogen and oxygen atoms in total. The van der Waals surface area contributed by atoms with Crippen molar-refractivity contribution in [1.29, 1.82) is 0 Å². The molecule has 3 aromatic rings. The molecule has 28 heavy (non-hydrogen) atoms. The number of hydrogen-bond donors (Lipinski definition) is 0. The minimum absolute atomic E-state index is 0.0222. The number of thioether (sulfide) groups is 1. The molecule has 2 heterocycles. The highest BCUT2D eigenvalue weighted by atomic mass is 32.2. The molecule has 0 saturated carbocycles. The van der Waals surface area contributed by atoms with Gasteiger partial charge in [0.15, 0.2) is 5.82 Å². The smallest absolute Gasteiger partial charge is 0.290 e. The van der Waals surface area contributed by atoms with Crippen LogP contribution in [0.5, 0.6) is 0 Å². The van der Waals surface area contributed by atoms with Gasteiger partial charge < -0.3 is 0 Å². The van der Waals surface area contributed by atoms with Gasteiger partial charge in [0.05, 0.1) is 5.56 Å². The Morgan fingerprint density at radius 1 is 1.21 bits per heavy atom. The average Bonchev–Trinajstić information content (AvgIpc) is 2.97. The summed E-state index contributed by atoms with van der Waals surface area (Å²) in [5.74, 6) is 0.120. The molecule has 2 aromatic heterocycles. The number of halogens is 3. The quantitative estimate of drug-likeness (QED) is 0.545. The summed E-state index contributed by atoms with van der Waals surface area (Å²) in [7, 11) is 0. The highest BCUT2D eigenvalue weighted by Crippen LogP contribution is 2.38. The zero-order chi connectivity index (χ0) is 20.8. The number of alkyl halides is 3. The van der Waals surface area contributed by atoms with Gasteiger partial charge in [-0.1, -0.05) is 13.8 Å². The first kappa shape index (κ1) is 20.5. The van der Waals surface area contributed by atoms with Crippen LogP contribution in [0.15, 0.2) is 34.0 Å². The first-order chi connectivity index (χ1) is 13.1. The molecule has 0 N–H and O–H groups in total. The highest BCUT2D eigenvalue weighted by molar-refractivity contribution is 7.98. The van der Waals surface area contributed by atoms with Crippen molar-refractivity contribution >= 4 is 17.3 Å². The molecule has 150 valence electrons. The predicted molar refractivity (Wildman–Crippen MR) is 106 cm³/mol. The van der Waals surface area contributed by atoms with Crippen molar-refractivity contribution in [3.8, 4) is 11.4 Å². The van der Waals surface area contributed by atoms with Gasteiger partial charge in [-0.25, -0.2) is 4.52 Å². The first-order valence-corrected chi connectivity index (χ1v) is 10.2. The molecule has 8 heteroatoms. The van der Waals surface area contributed by atoms with E-state index in [2.05, 4.69) is 5.10 Å². The number of fused-ring (bicyclic) bond motifs is 1. The maximum Gasteiger partial charge on any atom is 0.417 e. The van der Waals surface area contributed by atoms with Gasteiger partial charge in [-0.05, 0) is 55.9 Å². The average molecular weight is 409 g/mol. The van der Waals surface area contributed by atoms with Crippen LogP contribution in [0, 0.1) is 6.92 Å². The van der Waals surface area contributed by atoms with Gasteiger partial charge >= 0.3 is 6.18 Å². The molecule has 0 aliphatic carbocycles. The number of rotatable bonds is 4. The van der Waals surface area contributed by atoms with Crippen molar-refractivity contribution < 1.29 is 13.2 Å². The van der Waals surface area contributed by atoms with E-state index in [0.717, 1.165) is 17.3 Å². The zero-order valence-corrected chi connectivity index (χ0v) is 17.2. The topological polar surface area (TPSA) is 39.3 Å². The van der Waals surface area contributed by atoms with E-state index < -0.39 is 11.7 Å². The number of hydrogen-bond acceptors (Lipinski definition) is 3. The van der Waals surface area contributed by atoms with Crippen LogP contribution in [0.25, 0.3) is 16.9 Å². The van der Waals surface area contributed by atoms with E-state index in [-0.39, 0.29) is 29.4 Å². The van der Waals surface area contributed by atoms with Gasteiger partial charge in [0, 0.05) is 22.7 Å². The lowest BCUT2D eigenvalue weighted by molar-refractivity contribution is -0.137. The van der Waals surface area contributed by atoms with E-state index in [1.807, 2.05) is 19.9 Å². The second-order valence-corrected chi connectivity index (χ2v) is 7.82. The summed E-state index contributed by atoms with van der Waals surface area (Å²) in [6, 6.07) is 6.00. The molecule has 0 radical (unpaired) electrons. The summed E-state index contributed by atoms with van der Waals surface area (Å²) in [5.41, 5.74) is 0.776. The van der Waals surface area contributed by atoms with E-state index in [1.54, 1.807) is 26.2 Å². The minimum Gasteiger partial charge on any atom is -0.290 e. The van der Waals surface area contributed by atoms with Crippen molar-refractivity contribution in [2.45, 2.75) is 51.2 Å². The predicted octanol–water partition coefficient (Wildman–Crippen LogP) is 5.36. The summed E-state index contributed by atoms with van der Waals surface area (Å²) in [6.45, 7) is 7.70. The highest BCUT2D eigenvalue weighted by Gasteiger charge is 2.35. The SMILES string of the molecule is CCn1c(-c2ccc(SC)cc2C(F)(F)F)nn2c(C)cc(C(C)C)c2c1=O. The molecule has 0 aliphatic heterocycles. The lowest BCUT2D eigenvalue weighted by Crippen LogP contribution is -2.27.